The van der Waals surface area contributed by atoms with Crippen LogP contribution in [0.25, 0.3) is 0 Å². The van der Waals surface area contributed by atoms with E-state index in [9.17, 15) is 0 Å². The van der Waals surface area contributed by atoms with Crippen LogP contribution in [-0.2, 0) is 0 Å². The lowest BCUT2D eigenvalue weighted by molar-refractivity contribution is 0.315. The molecule has 0 spiro atoms. The summed E-state index contributed by atoms with van der Waals surface area (Å²) in [4.78, 5) is 4.02. The first-order valence-corrected chi connectivity index (χ1v) is 6.67. The average molecular weight is 307 g/mol. The quantitative estimate of drug-likeness (QED) is 0.826. The molecule has 2 aromatic rings. The smallest absolute Gasteiger partial charge is 0.119 e. The number of benzene rings is 1. The second kappa shape index (κ2) is 7.01. The van der Waals surface area contributed by atoms with Crippen LogP contribution in [0.3, 0.4) is 0 Å². The van der Waals surface area contributed by atoms with E-state index in [-0.39, 0.29) is 0 Å². The molecule has 1 aromatic heterocycles. The Hall–Kier alpha value is -1.55. The fraction of sp³-hybridized carbons (Fsp3) is 0.214. The van der Waals surface area contributed by atoms with Crippen LogP contribution in [0.5, 0.6) is 5.75 Å². The number of rotatable bonds is 6. The van der Waals surface area contributed by atoms with Crippen LogP contribution >= 0.6 is 15.9 Å². The summed E-state index contributed by atoms with van der Waals surface area (Å²) in [5, 5.41) is 3.33. The van der Waals surface area contributed by atoms with Gasteiger partial charge in [0.25, 0.3) is 0 Å². The van der Waals surface area contributed by atoms with Gasteiger partial charge in [0, 0.05) is 18.9 Å². The van der Waals surface area contributed by atoms with Crippen LogP contribution in [0.15, 0.2) is 53.3 Å². The van der Waals surface area contributed by atoms with Gasteiger partial charge in [0.1, 0.15) is 5.75 Å². The molecule has 94 valence electrons. The van der Waals surface area contributed by atoms with Gasteiger partial charge in [-0.1, -0.05) is 18.2 Å². The first-order valence-electron chi connectivity index (χ1n) is 5.87. The van der Waals surface area contributed by atoms with Gasteiger partial charge in [0.2, 0.25) is 0 Å². The van der Waals surface area contributed by atoms with E-state index in [2.05, 4.69) is 26.2 Å². The molecule has 0 saturated carbocycles. The van der Waals surface area contributed by atoms with Crippen LogP contribution in [0.1, 0.15) is 6.42 Å². The van der Waals surface area contributed by atoms with Crippen LogP contribution in [0.4, 0.5) is 5.69 Å². The molecule has 0 aliphatic carbocycles. The van der Waals surface area contributed by atoms with Crippen LogP contribution < -0.4 is 10.1 Å². The maximum absolute atomic E-state index is 5.61. The first-order chi connectivity index (χ1) is 8.86. The van der Waals surface area contributed by atoms with Crippen molar-refractivity contribution in [1.29, 1.82) is 0 Å². The lowest BCUT2D eigenvalue weighted by Crippen LogP contribution is -2.07. The fourth-order valence-electron chi connectivity index (χ4n) is 1.52. The summed E-state index contributed by atoms with van der Waals surface area (Å²) < 4.78 is 6.59. The zero-order chi connectivity index (χ0) is 12.6. The minimum absolute atomic E-state index is 0.708. The summed E-state index contributed by atoms with van der Waals surface area (Å²) in [5.41, 5.74) is 1.06. The predicted octanol–water partition coefficient (Wildman–Crippen LogP) is 3.73. The third-order valence-corrected chi connectivity index (χ3v) is 3.05. The number of para-hydroxylation sites is 1. The van der Waals surface area contributed by atoms with Gasteiger partial charge in [-0.05, 0) is 40.5 Å². The summed E-state index contributed by atoms with van der Waals surface area (Å²) in [5.74, 6) is 0.919. The van der Waals surface area contributed by atoms with E-state index in [0.717, 1.165) is 28.9 Å². The summed E-state index contributed by atoms with van der Waals surface area (Å²) in [6, 6.07) is 11.8. The Kier molecular flexibility index (Phi) is 5.02. The van der Waals surface area contributed by atoms with Crippen molar-refractivity contribution in [3.05, 3.63) is 53.3 Å². The molecule has 2 rings (SSSR count). The van der Waals surface area contributed by atoms with Gasteiger partial charge in [-0.25, -0.2) is 0 Å². The zero-order valence-electron chi connectivity index (χ0n) is 9.97. The number of nitrogens with zero attached hydrogens (tertiary/aromatic N) is 1. The van der Waals surface area contributed by atoms with Gasteiger partial charge in [0.05, 0.1) is 16.8 Å². The molecule has 0 fully saturated rings. The molecule has 1 heterocycles. The van der Waals surface area contributed by atoms with E-state index >= 15 is 0 Å². The average Bonchev–Trinajstić information content (AvgIpc) is 2.42. The van der Waals surface area contributed by atoms with Gasteiger partial charge in [-0.15, -0.1) is 0 Å². The van der Waals surface area contributed by atoms with Crippen molar-refractivity contribution in [1.82, 2.24) is 4.98 Å². The van der Waals surface area contributed by atoms with E-state index in [1.807, 2.05) is 36.4 Å². The van der Waals surface area contributed by atoms with Crippen molar-refractivity contribution < 1.29 is 4.74 Å². The SMILES string of the molecule is Brc1cnccc1NCCCOc1ccccc1. The molecule has 0 atom stereocenters. The number of pyridine rings is 1. The molecular weight excluding hydrogens is 292 g/mol. The highest BCUT2D eigenvalue weighted by Gasteiger charge is 1.97. The van der Waals surface area contributed by atoms with Crippen molar-refractivity contribution in [3.63, 3.8) is 0 Å². The topological polar surface area (TPSA) is 34.2 Å². The molecule has 0 aliphatic heterocycles. The predicted molar refractivity (Wildman–Crippen MR) is 77.0 cm³/mol. The highest BCUT2D eigenvalue weighted by Crippen LogP contribution is 2.19. The van der Waals surface area contributed by atoms with Gasteiger partial charge in [0.15, 0.2) is 0 Å². The molecule has 0 amide bonds. The maximum atomic E-state index is 5.61. The molecular formula is C14H15BrN2O. The van der Waals surface area contributed by atoms with E-state index in [1.54, 1.807) is 12.4 Å². The molecule has 1 aromatic carbocycles. The molecule has 18 heavy (non-hydrogen) atoms. The second-order valence-electron chi connectivity index (χ2n) is 3.80. The number of halogens is 1. The van der Waals surface area contributed by atoms with Crippen LogP contribution in [0, 0.1) is 0 Å². The highest BCUT2D eigenvalue weighted by molar-refractivity contribution is 9.10. The van der Waals surface area contributed by atoms with Crippen molar-refractivity contribution in [2.45, 2.75) is 6.42 Å². The van der Waals surface area contributed by atoms with Crippen LogP contribution in [0.2, 0.25) is 0 Å². The van der Waals surface area contributed by atoms with E-state index in [4.69, 9.17) is 4.74 Å². The molecule has 0 unspecified atom stereocenters. The van der Waals surface area contributed by atoms with E-state index in [0.29, 0.717) is 6.61 Å². The Morgan fingerprint density at radius 3 is 2.78 bits per heavy atom. The van der Waals surface area contributed by atoms with Crippen molar-refractivity contribution in [2.75, 3.05) is 18.5 Å². The van der Waals surface area contributed by atoms with Crippen molar-refractivity contribution in [3.8, 4) is 5.75 Å². The number of nitrogens with one attached hydrogen (secondary N) is 1. The van der Waals surface area contributed by atoms with Gasteiger partial charge in [-0.3, -0.25) is 4.98 Å². The van der Waals surface area contributed by atoms with E-state index in [1.165, 1.54) is 0 Å². The third-order valence-electron chi connectivity index (χ3n) is 2.42. The minimum atomic E-state index is 0.708. The van der Waals surface area contributed by atoms with Gasteiger partial charge >= 0.3 is 0 Å². The highest BCUT2D eigenvalue weighted by atomic mass is 79.9. The molecule has 3 nitrogen and oxygen atoms in total. The second-order valence-corrected chi connectivity index (χ2v) is 4.65. The third kappa shape index (κ3) is 4.04. The van der Waals surface area contributed by atoms with Crippen molar-refractivity contribution >= 4 is 21.6 Å². The molecule has 0 saturated heterocycles. The Labute approximate surface area is 115 Å². The number of aromatic nitrogens is 1. The van der Waals surface area contributed by atoms with E-state index < -0.39 is 0 Å². The standard InChI is InChI=1S/C14H15BrN2O/c15-13-11-16-9-7-14(13)17-8-4-10-18-12-5-2-1-3-6-12/h1-3,5-7,9,11H,4,8,10H2,(H,16,17). The number of anilines is 1. The zero-order valence-corrected chi connectivity index (χ0v) is 11.6. The first kappa shape index (κ1) is 12.9. The molecule has 0 radical (unpaired) electrons. The molecule has 4 heteroatoms. The number of ether oxygens (including phenoxy) is 1. The molecule has 1 N–H and O–H groups in total. The normalized spacial score (nSPS) is 10.1. The molecule has 0 aliphatic rings. The minimum Gasteiger partial charge on any atom is -0.494 e. The van der Waals surface area contributed by atoms with Gasteiger partial charge < -0.3 is 10.1 Å². The lowest BCUT2D eigenvalue weighted by Gasteiger charge is -2.09. The van der Waals surface area contributed by atoms with Crippen LogP contribution in [-0.4, -0.2) is 18.1 Å². The fourth-order valence-corrected chi connectivity index (χ4v) is 1.91. The summed E-state index contributed by atoms with van der Waals surface area (Å²) in [6.07, 6.45) is 4.50. The maximum Gasteiger partial charge on any atom is 0.119 e. The monoisotopic (exact) mass is 306 g/mol. The Morgan fingerprint density at radius 2 is 2.00 bits per heavy atom. The summed E-state index contributed by atoms with van der Waals surface area (Å²) in [6.45, 7) is 1.58. The van der Waals surface area contributed by atoms with Gasteiger partial charge in [-0.2, -0.15) is 0 Å². The Morgan fingerprint density at radius 1 is 1.17 bits per heavy atom. The van der Waals surface area contributed by atoms with Crippen molar-refractivity contribution in [2.24, 2.45) is 0 Å². The Bertz CT molecular complexity index is 476. The molecule has 0 bridgehead atoms. The number of hydrogen-bond acceptors (Lipinski definition) is 3. The lowest BCUT2D eigenvalue weighted by atomic mass is 10.3. The summed E-state index contributed by atoms with van der Waals surface area (Å²) in [7, 11) is 0. The summed E-state index contributed by atoms with van der Waals surface area (Å²) >= 11 is 3.45. The Balaban J connectivity index is 1.66. The largest absolute Gasteiger partial charge is 0.494 e. The number of hydrogen-bond donors (Lipinski definition) is 1.